The second-order valence-corrected chi connectivity index (χ2v) is 4.73. The number of benzene rings is 1. The van der Waals surface area contributed by atoms with Gasteiger partial charge in [0.2, 0.25) is 0 Å². The molecule has 2 N–H and O–H groups in total. The summed E-state index contributed by atoms with van der Waals surface area (Å²) in [6.45, 7) is 2.78. The molecule has 0 amide bonds. The summed E-state index contributed by atoms with van der Waals surface area (Å²) in [5, 5.41) is 0.383. The minimum atomic E-state index is -0.422. The van der Waals surface area contributed by atoms with Gasteiger partial charge in [0.25, 0.3) is 0 Å². The number of nitrogens with two attached hydrogens (primary N) is 1. The van der Waals surface area contributed by atoms with Gasteiger partial charge in [0, 0.05) is 17.2 Å². The third-order valence-electron chi connectivity index (χ3n) is 3.12. The highest BCUT2D eigenvalue weighted by Gasteiger charge is 2.31. The third kappa shape index (κ3) is 2.21. The van der Waals surface area contributed by atoms with Gasteiger partial charge in [-0.15, -0.1) is 0 Å². The van der Waals surface area contributed by atoms with Crippen molar-refractivity contribution in [1.29, 1.82) is 0 Å². The Morgan fingerprint density at radius 3 is 2.88 bits per heavy atom. The lowest BCUT2D eigenvalue weighted by Gasteiger charge is -2.23. The van der Waals surface area contributed by atoms with Crippen LogP contribution in [0.25, 0.3) is 0 Å². The van der Waals surface area contributed by atoms with Gasteiger partial charge in [0.1, 0.15) is 5.82 Å². The summed E-state index contributed by atoms with van der Waals surface area (Å²) < 4.78 is 19.2. The normalized spacial score (nSPS) is 27.0. The summed E-state index contributed by atoms with van der Waals surface area (Å²) >= 11 is 5.70. The Morgan fingerprint density at radius 2 is 2.31 bits per heavy atom. The van der Waals surface area contributed by atoms with Crippen molar-refractivity contribution in [2.45, 2.75) is 25.5 Å². The Bertz CT molecular complexity index is 385. The Morgan fingerprint density at radius 1 is 1.56 bits per heavy atom. The van der Waals surface area contributed by atoms with Crippen LogP contribution in [0.2, 0.25) is 5.02 Å². The van der Waals surface area contributed by atoms with Crippen molar-refractivity contribution in [3.05, 3.63) is 34.6 Å². The molecule has 0 bridgehead atoms. The predicted octanol–water partition coefficient (Wildman–Crippen LogP) is 2.90. The summed E-state index contributed by atoms with van der Waals surface area (Å²) in [6, 6.07) is 4.15. The van der Waals surface area contributed by atoms with Gasteiger partial charge in [-0.05, 0) is 24.5 Å². The van der Waals surface area contributed by atoms with E-state index in [1.807, 2.05) is 0 Å². The SMILES string of the molecule is CC1CCOC1C(N)c1ccc(Cl)cc1F. The minimum absolute atomic E-state index is 0.101. The minimum Gasteiger partial charge on any atom is -0.376 e. The van der Waals surface area contributed by atoms with Crippen LogP contribution >= 0.6 is 11.6 Å². The maximum atomic E-state index is 13.7. The molecule has 1 aromatic carbocycles. The van der Waals surface area contributed by atoms with E-state index < -0.39 is 6.04 Å². The lowest BCUT2D eigenvalue weighted by Crippen LogP contribution is -2.30. The molecular weight excluding hydrogens is 229 g/mol. The quantitative estimate of drug-likeness (QED) is 0.867. The first-order chi connectivity index (χ1) is 7.59. The summed E-state index contributed by atoms with van der Waals surface area (Å²) in [5.41, 5.74) is 6.51. The lowest BCUT2D eigenvalue weighted by molar-refractivity contribution is 0.0715. The highest BCUT2D eigenvalue weighted by atomic mass is 35.5. The summed E-state index contributed by atoms with van der Waals surface area (Å²) in [7, 11) is 0. The van der Waals surface area contributed by atoms with E-state index in [0.717, 1.165) is 6.42 Å². The zero-order chi connectivity index (χ0) is 11.7. The van der Waals surface area contributed by atoms with E-state index in [-0.39, 0.29) is 11.9 Å². The van der Waals surface area contributed by atoms with Crippen LogP contribution in [0.1, 0.15) is 24.9 Å². The van der Waals surface area contributed by atoms with Gasteiger partial charge in [-0.1, -0.05) is 24.6 Å². The van der Waals surface area contributed by atoms with Crippen molar-refractivity contribution in [3.63, 3.8) is 0 Å². The number of rotatable bonds is 2. The molecule has 3 atom stereocenters. The van der Waals surface area contributed by atoms with Crippen LogP contribution < -0.4 is 5.73 Å². The highest BCUT2D eigenvalue weighted by molar-refractivity contribution is 6.30. The van der Waals surface area contributed by atoms with Crippen molar-refractivity contribution in [3.8, 4) is 0 Å². The Hall–Kier alpha value is -0.640. The molecule has 0 saturated carbocycles. The molecule has 0 radical (unpaired) electrons. The second-order valence-electron chi connectivity index (χ2n) is 4.29. The molecule has 0 spiro atoms. The van der Waals surface area contributed by atoms with Crippen LogP contribution in [0.15, 0.2) is 18.2 Å². The van der Waals surface area contributed by atoms with E-state index in [1.165, 1.54) is 6.07 Å². The summed E-state index contributed by atoms with van der Waals surface area (Å²) in [5.74, 6) is 0.00720. The molecule has 1 aliphatic heterocycles. The van der Waals surface area contributed by atoms with E-state index in [0.29, 0.717) is 23.1 Å². The largest absolute Gasteiger partial charge is 0.376 e. The highest BCUT2D eigenvalue weighted by Crippen LogP contribution is 2.31. The van der Waals surface area contributed by atoms with Crippen LogP contribution in [0.3, 0.4) is 0 Å². The van der Waals surface area contributed by atoms with E-state index in [4.69, 9.17) is 22.1 Å². The Labute approximate surface area is 99.5 Å². The van der Waals surface area contributed by atoms with Crippen LogP contribution in [0, 0.1) is 11.7 Å². The molecule has 16 heavy (non-hydrogen) atoms. The first-order valence-corrected chi connectivity index (χ1v) is 5.79. The summed E-state index contributed by atoms with van der Waals surface area (Å²) in [6.07, 6.45) is 0.879. The van der Waals surface area contributed by atoms with Gasteiger partial charge in [-0.2, -0.15) is 0 Å². The second kappa shape index (κ2) is 4.70. The molecule has 1 aliphatic rings. The van der Waals surface area contributed by atoms with E-state index in [2.05, 4.69) is 6.92 Å². The molecule has 1 saturated heterocycles. The Balaban J connectivity index is 2.23. The molecule has 1 aromatic rings. The van der Waals surface area contributed by atoms with Crippen LogP contribution in [0.4, 0.5) is 4.39 Å². The maximum absolute atomic E-state index is 13.7. The van der Waals surface area contributed by atoms with Crippen molar-refractivity contribution in [2.75, 3.05) is 6.61 Å². The standard InChI is InChI=1S/C12H15ClFNO/c1-7-4-5-16-12(7)11(15)9-3-2-8(13)6-10(9)14/h2-3,6-7,11-12H,4-5,15H2,1H3. The van der Waals surface area contributed by atoms with Crippen LogP contribution in [-0.4, -0.2) is 12.7 Å². The molecule has 0 aliphatic carbocycles. The van der Waals surface area contributed by atoms with Crippen molar-refractivity contribution >= 4 is 11.6 Å². The van der Waals surface area contributed by atoms with Crippen molar-refractivity contribution in [2.24, 2.45) is 11.7 Å². The zero-order valence-corrected chi connectivity index (χ0v) is 9.88. The number of hydrogen-bond donors (Lipinski definition) is 1. The molecular formula is C12H15ClFNO. The average Bonchev–Trinajstić information content (AvgIpc) is 2.63. The van der Waals surface area contributed by atoms with Gasteiger partial charge in [-0.3, -0.25) is 0 Å². The molecule has 3 unspecified atom stereocenters. The average molecular weight is 244 g/mol. The van der Waals surface area contributed by atoms with E-state index >= 15 is 0 Å². The van der Waals surface area contributed by atoms with Gasteiger partial charge in [0.05, 0.1) is 12.1 Å². The number of hydrogen-bond acceptors (Lipinski definition) is 2. The van der Waals surface area contributed by atoms with Crippen LogP contribution in [-0.2, 0) is 4.74 Å². The van der Waals surface area contributed by atoms with Crippen molar-refractivity contribution in [1.82, 2.24) is 0 Å². The zero-order valence-electron chi connectivity index (χ0n) is 9.12. The smallest absolute Gasteiger partial charge is 0.129 e. The fourth-order valence-electron chi connectivity index (χ4n) is 2.12. The monoisotopic (exact) mass is 243 g/mol. The van der Waals surface area contributed by atoms with Gasteiger partial charge in [-0.25, -0.2) is 4.39 Å². The lowest BCUT2D eigenvalue weighted by atomic mass is 9.93. The fraction of sp³-hybridized carbons (Fsp3) is 0.500. The van der Waals surface area contributed by atoms with E-state index in [1.54, 1.807) is 12.1 Å². The molecule has 1 fully saturated rings. The first-order valence-electron chi connectivity index (χ1n) is 5.41. The molecule has 88 valence electrons. The molecule has 2 rings (SSSR count). The molecule has 0 aromatic heterocycles. The van der Waals surface area contributed by atoms with Crippen LogP contribution in [0.5, 0.6) is 0 Å². The summed E-state index contributed by atoms with van der Waals surface area (Å²) in [4.78, 5) is 0. The van der Waals surface area contributed by atoms with E-state index in [9.17, 15) is 4.39 Å². The van der Waals surface area contributed by atoms with Gasteiger partial charge in [0.15, 0.2) is 0 Å². The predicted molar refractivity (Wildman–Crippen MR) is 61.9 cm³/mol. The molecule has 2 nitrogen and oxygen atoms in total. The molecule has 1 heterocycles. The van der Waals surface area contributed by atoms with Gasteiger partial charge >= 0.3 is 0 Å². The molecule has 4 heteroatoms. The first kappa shape index (κ1) is 11.8. The maximum Gasteiger partial charge on any atom is 0.129 e. The topological polar surface area (TPSA) is 35.2 Å². The van der Waals surface area contributed by atoms with Crippen molar-refractivity contribution < 1.29 is 9.13 Å². The fourth-order valence-corrected chi connectivity index (χ4v) is 2.28. The third-order valence-corrected chi connectivity index (χ3v) is 3.35. The Kier molecular flexibility index (Phi) is 3.47. The number of halogens is 2. The van der Waals surface area contributed by atoms with Gasteiger partial charge < -0.3 is 10.5 Å². The number of ether oxygens (including phenoxy) is 1.